The van der Waals surface area contributed by atoms with Crippen LogP contribution in [0.25, 0.3) is 0 Å². The van der Waals surface area contributed by atoms with Crippen LogP contribution < -0.4 is 0 Å². The predicted octanol–water partition coefficient (Wildman–Crippen LogP) is 6.49. The van der Waals surface area contributed by atoms with E-state index in [9.17, 15) is 26.7 Å². The molecule has 1 aliphatic rings. The summed E-state index contributed by atoms with van der Waals surface area (Å²) < 4.78 is 69.7. The molecule has 2 atom stereocenters. The van der Waals surface area contributed by atoms with Crippen molar-refractivity contribution in [3.63, 3.8) is 0 Å². The van der Waals surface area contributed by atoms with E-state index >= 15 is 0 Å². The standard InChI is InChI=1S/C16H12Br2ClF5O2/c1-15(2)7(3-10(19)16(22,23)24)11(15)14(25)26-5-6-12(17)8(20)4-9(21)13(6)18/h3-4,7,11H,5H2,1-2H3/b10-3-/t7-,11-/m1/s1. The minimum Gasteiger partial charge on any atom is -0.460 e. The molecule has 1 aliphatic carbocycles. The number of ether oxygens (including phenoxy) is 1. The first-order valence-electron chi connectivity index (χ1n) is 7.21. The van der Waals surface area contributed by atoms with Gasteiger partial charge in [0.1, 0.15) is 23.3 Å². The molecule has 0 spiro atoms. The van der Waals surface area contributed by atoms with E-state index in [-0.39, 0.29) is 14.5 Å². The molecule has 144 valence electrons. The minimum absolute atomic E-state index is 0.0368. The Balaban J connectivity index is 2.13. The monoisotopic (exact) mass is 524 g/mol. The Hall–Kier alpha value is -0.670. The van der Waals surface area contributed by atoms with Gasteiger partial charge in [-0.2, -0.15) is 13.2 Å². The maximum Gasteiger partial charge on any atom is 0.426 e. The third-order valence-electron chi connectivity index (χ3n) is 4.32. The molecule has 0 radical (unpaired) electrons. The van der Waals surface area contributed by atoms with Crippen LogP contribution >= 0.6 is 43.5 Å². The average molecular weight is 527 g/mol. The van der Waals surface area contributed by atoms with E-state index in [2.05, 4.69) is 31.9 Å². The predicted molar refractivity (Wildman–Crippen MR) is 92.3 cm³/mol. The lowest BCUT2D eigenvalue weighted by Crippen LogP contribution is -2.12. The molecule has 0 saturated heterocycles. The number of rotatable bonds is 4. The lowest BCUT2D eigenvalue weighted by molar-refractivity contribution is -0.147. The van der Waals surface area contributed by atoms with Crippen molar-refractivity contribution in [2.24, 2.45) is 17.3 Å². The van der Waals surface area contributed by atoms with E-state index in [1.54, 1.807) is 13.8 Å². The van der Waals surface area contributed by atoms with E-state index in [1.165, 1.54) is 0 Å². The number of carbonyl (C=O) groups is 1. The highest BCUT2D eigenvalue weighted by Gasteiger charge is 2.62. The van der Waals surface area contributed by atoms with E-state index < -0.39 is 52.7 Å². The molecule has 0 aliphatic heterocycles. The van der Waals surface area contributed by atoms with Crippen molar-refractivity contribution in [1.29, 1.82) is 0 Å². The van der Waals surface area contributed by atoms with Crippen LogP contribution in [-0.4, -0.2) is 12.1 Å². The lowest BCUT2D eigenvalue weighted by atomic mass is 10.1. The number of hydrogen-bond acceptors (Lipinski definition) is 2. The summed E-state index contributed by atoms with van der Waals surface area (Å²) in [4.78, 5) is 12.2. The molecule has 1 fully saturated rings. The molecule has 26 heavy (non-hydrogen) atoms. The fourth-order valence-corrected chi connectivity index (χ4v) is 3.93. The van der Waals surface area contributed by atoms with Crippen LogP contribution in [0.15, 0.2) is 26.1 Å². The smallest absolute Gasteiger partial charge is 0.426 e. The van der Waals surface area contributed by atoms with Crippen molar-refractivity contribution < 1.29 is 31.5 Å². The first kappa shape index (κ1) is 21.6. The maximum atomic E-state index is 13.6. The Labute approximate surface area is 168 Å². The molecule has 10 heteroatoms. The SMILES string of the molecule is CC1(C)[C@H](/C=C(\Cl)C(F)(F)F)[C@@H]1C(=O)OCc1c(Br)c(F)cc(F)c1Br. The minimum atomic E-state index is -4.69. The number of allylic oxidation sites excluding steroid dienone is 2. The van der Waals surface area contributed by atoms with Crippen molar-refractivity contribution in [3.05, 3.63) is 43.3 Å². The largest absolute Gasteiger partial charge is 0.460 e. The van der Waals surface area contributed by atoms with Crippen molar-refractivity contribution >= 4 is 49.4 Å². The van der Waals surface area contributed by atoms with Gasteiger partial charge in [0.2, 0.25) is 0 Å². The first-order valence-corrected chi connectivity index (χ1v) is 9.18. The van der Waals surface area contributed by atoms with E-state index in [4.69, 9.17) is 16.3 Å². The number of esters is 1. The molecule has 0 N–H and O–H groups in total. The Bertz CT molecular complexity index is 751. The van der Waals surface area contributed by atoms with Gasteiger partial charge < -0.3 is 4.74 Å². The molecule has 1 aromatic carbocycles. The Morgan fingerprint density at radius 1 is 1.27 bits per heavy atom. The first-order chi connectivity index (χ1) is 11.8. The summed E-state index contributed by atoms with van der Waals surface area (Å²) >= 11 is 11.1. The molecule has 0 aromatic heterocycles. The van der Waals surface area contributed by atoms with Crippen LogP contribution in [0, 0.1) is 28.9 Å². The normalized spacial score (nSPS) is 22.3. The van der Waals surface area contributed by atoms with Gasteiger partial charge >= 0.3 is 12.1 Å². The van der Waals surface area contributed by atoms with Crippen LogP contribution in [0.2, 0.25) is 0 Å². The van der Waals surface area contributed by atoms with Gasteiger partial charge in [0, 0.05) is 11.6 Å². The highest BCUT2D eigenvalue weighted by atomic mass is 79.9. The lowest BCUT2D eigenvalue weighted by Gasteiger charge is -2.11. The number of benzene rings is 1. The molecule has 0 unspecified atom stereocenters. The summed E-state index contributed by atoms with van der Waals surface area (Å²) in [6.45, 7) is 2.76. The van der Waals surface area contributed by atoms with E-state index in [0.717, 1.165) is 6.08 Å². The van der Waals surface area contributed by atoms with E-state index in [1.807, 2.05) is 0 Å². The molecule has 2 nitrogen and oxygen atoms in total. The average Bonchev–Trinajstić information content (AvgIpc) is 3.04. The summed E-state index contributed by atoms with van der Waals surface area (Å²) in [5.41, 5.74) is -0.737. The van der Waals surface area contributed by atoms with Gasteiger partial charge in [-0.15, -0.1) is 0 Å². The van der Waals surface area contributed by atoms with Gasteiger partial charge in [-0.3, -0.25) is 4.79 Å². The summed E-state index contributed by atoms with van der Waals surface area (Å²) in [6.07, 6.45) is -3.90. The maximum absolute atomic E-state index is 13.6. The molecule has 0 heterocycles. The number of halogens is 8. The van der Waals surface area contributed by atoms with Crippen LogP contribution in [0.3, 0.4) is 0 Å². The van der Waals surface area contributed by atoms with Crippen LogP contribution in [0.1, 0.15) is 19.4 Å². The Morgan fingerprint density at radius 3 is 2.23 bits per heavy atom. The van der Waals surface area contributed by atoms with Crippen molar-refractivity contribution in [3.8, 4) is 0 Å². The third-order valence-corrected chi connectivity index (χ3v) is 6.38. The summed E-state index contributed by atoms with van der Waals surface area (Å²) in [7, 11) is 0. The quantitative estimate of drug-likeness (QED) is 0.255. The van der Waals surface area contributed by atoms with Crippen molar-refractivity contribution in [2.45, 2.75) is 26.6 Å². The third kappa shape index (κ3) is 4.25. The Morgan fingerprint density at radius 2 is 1.77 bits per heavy atom. The Kier molecular flexibility index (Phi) is 6.15. The molecule has 2 rings (SSSR count). The second-order valence-corrected chi connectivity index (χ2v) is 8.38. The molecule has 1 aromatic rings. The number of carbonyl (C=O) groups excluding carboxylic acids is 1. The zero-order valence-electron chi connectivity index (χ0n) is 13.4. The molecule has 0 bridgehead atoms. The van der Waals surface area contributed by atoms with Crippen LogP contribution in [0.5, 0.6) is 0 Å². The zero-order chi connectivity index (χ0) is 20.0. The highest BCUT2D eigenvalue weighted by Crippen LogP contribution is 2.60. The summed E-state index contributed by atoms with van der Waals surface area (Å²) in [5.74, 6) is -4.11. The van der Waals surface area contributed by atoms with Crippen molar-refractivity contribution in [2.75, 3.05) is 0 Å². The fourth-order valence-electron chi connectivity index (χ4n) is 2.67. The van der Waals surface area contributed by atoms with Gasteiger partial charge in [0.15, 0.2) is 0 Å². The molecule has 1 saturated carbocycles. The number of alkyl halides is 3. The second kappa shape index (κ2) is 7.39. The second-order valence-electron chi connectivity index (χ2n) is 6.39. The fraction of sp³-hybridized carbons (Fsp3) is 0.438. The van der Waals surface area contributed by atoms with Gasteiger partial charge in [-0.1, -0.05) is 31.5 Å². The number of hydrogen-bond donors (Lipinski definition) is 0. The van der Waals surface area contributed by atoms with Gasteiger partial charge in [-0.25, -0.2) is 8.78 Å². The van der Waals surface area contributed by atoms with Crippen LogP contribution in [-0.2, 0) is 16.1 Å². The molecule has 0 amide bonds. The molecular formula is C16H12Br2ClF5O2. The van der Waals surface area contributed by atoms with Gasteiger partial charge in [0.05, 0.1) is 14.9 Å². The summed E-state index contributed by atoms with van der Waals surface area (Å²) in [5, 5.41) is -1.30. The van der Waals surface area contributed by atoms with Crippen LogP contribution in [0.4, 0.5) is 22.0 Å². The van der Waals surface area contributed by atoms with E-state index in [0.29, 0.717) is 6.07 Å². The van der Waals surface area contributed by atoms with Gasteiger partial charge in [0.25, 0.3) is 0 Å². The van der Waals surface area contributed by atoms with Gasteiger partial charge in [-0.05, 0) is 43.2 Å². The molecular weight excluding hydrogens is 514 g/mol. The highest BCUT2D eigenvalue weighted by molar-refractivity contribution is 9.11. The zero-order valence-corrected chi connectivity index (χ0v) is 17.3. The topological polar surface area (TPSA) is 26.3 Å². The summed E-state index contributed by atoms with van der Waals surface area (Å²) in [6, 6.07) is 0.656. The van der Waals surface area contributed by atoms with Crippen molar-refractivity contribution in [1.82, 2.24) is 0 Å².